The smallest absolute Gasteiger partial charge is 0.133 e. The summed E-state index contributed by atoms with van der Waals surface area (Å²) in [5.41, 5.74) is 0. The summed E-state index contributed by atoms with van der Waals surface area (Å²) >= 11 is 0. The molecule has 0 aromatic rings. The number of aliphatic hydroxyl groups excluding tert-OH is 1. The fourth-order valence-electron chi connectivity index (χ4n) is 1.05. The zero-order valence-corrected chi connectivity index (χ0v) is 8.55. The number of hydrogen-bond acceptors (Lipinski definition) is 1. The number of rotatable bonds is 6. The molecule has 1 N–H and O–H groups in total. The van der Waals surface area contributed by atoms with Crippen LogP contribution in [0.15, 0.2) is 12.7 Å². The van der Waals surface area contributed by atoms with E-state index in [9.17, 15) is 0 Å². The van der Waals surface area contributed by atoms with Gasteiger partial charge in [0.15, 0.2) is 0 Å². The molecule has 0 saturated heterocycles. The topological polar surface area (TPSA) is 20.2 Å². The van der Waals surface area contributed by atoms with Crippen LogP contribution in [0.1, 0.15) is 45.4 Å². The molecule has 0 bridgehead atoms. The van der Waals surface area contributed by atoms with Crippen LogP contribution in [-0.2, 0) is 0 Å². The van der Waals surface area contributed by atoms with Crippen LogP contribution >= 0.6 is 0 Å². The van der Waals surface area contributed by atoms with Crippen molar-refractivity contribution in [3.8, 4) is 11.8 Å². The Kier molecular flexibility index (Phi) is 8.82. The lowest BCUT2D eigenvalue weighted by Gasteiger charge is -1.95. The normalized spacial score (nSPS) is 11.5. The lowest BCUT2D eigenvalue weighted by molar-refractivity contribution is 0.281. The summed E-state index contributed by atoms with van der Waals surface area (Å²) in [6, 6.07) is 0. The third-order valence-electron chi connectivity index (χ3n) is 1.88. The largest absolute Gasteiger partial charge is 0.377 e. The van der Waals surface area contributed by atoms with E-state index < -0.39 is 6.10 Å². The molecular formula is C12H20O. The molecule has 1 unspecified atom stereocenters. The van der Waals surface area contributed by atoms with Gasteiger partial charge >= 0.3 is 0 Å². The summed E-state index contributed by atoms with van der Waals surface area (Å²) in [6.07, 6.45) is 8.02. The zero-order chi connectivity index (χ0) is 9.94. The van der Waals surface area contributed by atoms with Crippen molar-refractivity contribution >= 4 is 0 Å². The fourth-order valence-corrected chi connectivity index (χ4v) is 1.05. The van der Waals surface area contributed by atoms with Gasteiger partial charge in [-0.1, -0.05) is 51.2 Å². The van der Waals surface area contributed by atoms with E-state index in [1.807, 2.05) is 0 Å². The second-order valence-corrected chi connectivity index (χ2v) is 3.17. The molecule has 0 aromatic carbocycles. The Balaban J connectivity index is 3.22. The van der Waals surface area contributed by atoms with Crippen LogP contribution < -0.4 is 0 Å². The second kappa shape index (κ2) is 9.35. The van der Waals surface area contributed by atoms with Crippen LogP contribution in [0.3, 0.4) is 0 Å². The minimum atomic E-state index is -0.643. The molecule has 0 aromatic heterocycles. The first-order valence-electron chi connectivity index (χ1n) is 5.10. The quantitative estimate of drug-likeness (QED) is 0.378. The van der Waals surface area contributed by atoms with E-state index in [1.165, 1.54) is 31.8 Å². The highest BCUT2D eigenvalue weighted by atomic mass is 16.3. The van der Waals surface area contributed by atoms with Crippen molar-refractivity contribution in [3.05, 3.63) is 12.7 Å². The molecule has 0 radical (unpaired) electrons. The van der Waals surface area contributed by atoms with Gasteiger partial charge in [0.1, 0.15) is 6.10 Å². The van der Waals surface area contributed by atoms with Gasteiger partial charge in [-0.2, -0.15) is 0 Å². The maximum absolute atomic E-state index is 9.01. The van der Waals surface area contributed by atoms with Crippen LogP contribution in [0.5, 0.6) is 0 Å². The SMILES string of the molecule is C=CC(O)C#CCCCCCCC. The van der Waals surface area contributed by atoms with Crippen molar-refractivity contribution in [1.82, 2.24) is 0 Å². The summed E-state index contributed by atoms with van der Waals surface area (Å²) in [5, 5.41) is 9.01. The Morgan fingerprint density at radius 3 is 2.62 bits per heavy atom. The standard InChI is InChI=1S/C12H20O/c1-3-5-6-7-8-9-10-11-12(13)4-2/h4,12-13H,2-3,5-9H2,1H3. The van der Waals surface area contributed by atoms with Crippen molar-refractivity contribution in [2.24, 2.45) is 0 Å². The van der Waals surface area contributed by atoms with E-state index in [-0.39, 0.29) is 0 Å². The maximum Gasteiger partial charge on any atom is 0.133 e. The molecule has 1 atom stereocenters. The van der Waals surface area contributed by atoms with Gasteiger partial charge in [-0.05, 0) is 6.42 Å². The molecule has 0 heterocycles. The molecule has 13 heavy (non-hydrogen) atoms. The fraction of sp³-hybridized carbons (Fsp3) is 0.667. The van der Waals surface area contributed by atoms with Crippen LogP contribution in [0, 0.1) is 11.8 Å². The molecule has 0 rings (SSSR count). The van der Waals surface area contributed by atoms with Gasteiger partial charge in [0.2, 0.25) is 0 Å². The third kappa shape index (κ3) is 9.17. The van der Waals surface area contributed by atoms with Gasteiger partial charge in [0.05, 0.1) is 0 Å². The van der Waals surface area contributed by atoms with Crippen LogP contribution in [0.4, 0.5) is 0 Å². The predicted octanol–water partition coefficient (Wildman–Crippen LogP) is 2.90. The van der Waals surface area contributed by atoms with Gasteiger partial charge in [0.25, 0.3) is 0 Å². The van der Waals surface area contributed by atoms with E-state index >= 15 is 0 Å². The molecule has 0 spiro atoms. The Labute approximate surface area is 81.9 Å². The Morgan fingerprint density at radius 2 is 2.00 bits per heavy atom. The molecule has 0 aliphatic rings. The highest BCUT2D eigenvalue weighted by Gasteiger charge is 1.88. The van der Waals surface area contributed by atoms with E-state index in [0.29, 0.717) is 0 Å². The van der Waals surface area contributed by atoms with Crippen molar-refractivity contribution in [1.29, 1.82) is 0 Å². The first-order chi connectivity index (χ1) is 6.31. The van der Waals surface area contributed by atoms with E-state index in [4.69, 9.17) is 5.11 Å². The van der Waals surface area contributed by atoms with E-state index in [0.717, 1.165) is 12.8 Å². The number of unbranched alkanes of at least 4 members (excludes halogenated alkanes) is 5. The molecular weight excluding hydrogens is 160 g/mol. The van der Waals surface area contributed by atoms with Gasteiger partial charge in [-0.15, -0.1) is 5.92 Å². The highest BCUT2D eigenvalue weighted by molar-refractivity contribution is 5.10. The van der Waals surface area contributed by atoms with Gasteiger partial charge < -0.3 is 5.11 Å². The average Bonchev–Trinajstić information content (AvgIpc) is 2.16. The number of hydrogen-bond donors (Lipinski definition) is 1. The molecule has 0 saturated carbocycles. The third-order valence-corrected chi connectivity index (χ3v) is 1.88. The van der Waals surface area contributed by atoms with Crippen molar-refractivity contribution in [2.45, 2.75) is 51.6 Å². The first kappa shape index (κ1) is 12.3. The van der Waals surface area contributed by atoms with E-state index in [1.54, 1.807) is 0 Å². The van der Waals surface area contributed by atoms with Crippen LogP contribution in [-0.4, -0.2) is 11.2 Å². The molecule has 0 fully saturated rings. The van der Waals surface area contributed by atoms with Gasteiger partial charge in [-0.3, -0.25) is 0 Å². The summed E-state index contributed by atoms with van der Waals surface area (Å²) < 4.78 is 0. The van der Waals surface area contributed by atoms with Crippen LogP contribution in [0.2, 0.25) is 0 Å². The molecule has 74 valence electrons. The average molecular weight is 180 g/mol. The Morgan fingerprint density at radius 1 is 1.31 bits per heavy atom. The monoisotopic (exact) mass is 180 g/mol. The first-order valence-corrected chi connectivity index (χ1v) is 5.10. The summed E-state index contributed by atoms with van der Waals surface area (Å²) in [6.45, 7) is 5.66. The lowest BCUT2D eigenvalue weighted by Crippen LogP contribution is -1.94. The lowest BCUT2D eigenvalue weighted by atomic mass is 10.1. The second-order valence-electron chi connectivity index (χ2n) is 3.17. The van der Waals surface area contributed by atoms with Crippen LogP contribution in [0.25, 0.3) is 0 Å². The van der Waals surface area contributed by atoms with Crippen molar-refractivity contribution < 1.29 is 5.11 Å². The van der Waals surface area contributed by atoms with Gasteiger partial charge in [-0.25, -0.2) is 0 Å². The van der Waals surface area contributed by atoms with E-state index in [2.05, 4.69) is 25.3 Å². The summed E-state index contributed by atoms with van der Waals surface area (Å²) in [7, 11) is 0. The molecule has 1 heteroatoms. The minimum absolute atomic E-state index is 0.643. The molecule has 0 aliphatic heterocycles. The highest BCUT2D eigenvalue weighted by Crippen LogP contribution is 2.03. The Hall–Kier alpha value is -0.740. The van der Waals surface area contributed by atoms with Gasteiger partial charge in [0, 0.05) is 6.42 Å². The summed E-state index contributed by atoms with van der Waals surface area (Å²) in [4.78, 5) is 0. The molecule has 0 aliphatic carbocycles. The van der Waals surface area contributed by atoms with Crippen molar-refractivity contribution in [3.63, 3.8) is 0 Å². The zero-order valence-electron chi connectivity index (χ0n) is 8.55. The Bertz CT molecular complexity index is 173. The summed E-state index contributed by atoms with van der Waals surface area (Å²) in [5.74, 6) is 5.65. The molecule has 0 amide bonds. The maximum atomic E-state index is 9.01. The molecule has 1 nitrogen and oxygen atoms in total. The number of aliphatic hydroxyl groups is 1. The van der Waals surface area contributed by atoms with Crippen molar-refractivity contribution in [2.75, 3.05) is 0 Å². The predicted molar refractivity (Wildman–Crippen MR) is 57.4 cm³/mol. The minimum Gasteiger partial charge on any atom is -0.377 e.